The lowest BCUT2D eigenvalue weighted by Crippen LogP contribution is -2.30. The van der Waals surface area contributed by atoms with Crippen molar-refractivity contribution in [3.63, 3.8) is 0 Å². The molecule has 0 spiro atoms. The highest BCUT2D eigenvalue weighted by atomic mass is 32.2. The van der Waals surface area contributed by atoms with E-state index in [0.717, 1.165) is 0 Å². The Morgan fingerprint density at radius 1 is 1.36 bits per heavy atom. The molecule has 0 unspecified atom stereocenters. The minimum atomic E-state index is -2.85. The maximum absolute atomic E-state index is 11.2. The van der Waals surface area contributed by atoms with Crippen LogP contribution < -0.4 is 5.69 Å². The number of rotatable bonds is 1. The molecule has 1 aromatic rings. The number of hydrogen-bond acceptors (Lipinski definition) is 3. The molecule has 1 aliphatic heterocycles. The minimum absolute atomic E-state index is 0.0391. The van der Waals surface area contributed by atoms with Crippen molar-refractivity contribution in [3.8, 4) is 0 Å². The van der Waals surface area contributed by atoms with Crippen LogP contribution >= 0.6 is 0 Å². The second kappa shape index (κ2) is 3.27. The summed E-state index contributed by atoms with van der Waals surface area (Å²) in [4.78, 5) is 13.8. The Labute approximate surface area is 81.7 Å². The van der Waals surface area contributed by atoms with Gasteiger partial charge < -0.3 is 4.98 Å². The summed E-state index contributed by atoms with van der Waals surface area (Å²) in [7, 11) is -2.85. The van der Waals surface area contributed by atoms with E-state index >= 15 is 0 Å². The molecule has 1 aromatic heterocycles. The molecule has 1 saturated heterocycles. The van der Waals surface area contributed by atoms with E-state index in [1.807, 2.05) is 0 Å². The fraction of sp³-hybridized carbons (Fsp3) is 0.625. The van der Waals surface area contributed by atoms with Crippen molar-refractivity contribution >= 4 is 9.84 Å². The Bertz CT molecular complexity index is 457. The summed E-state index contributed by atoms with van der Waals surface area (Å²) in [5.74, 6) is 0.380. The average Bonchev–Trinajstić information content (AvgIpc) is 2.52. The number of nitrogens with one attached hydrogen (secondary N) is 1. The van der Waals surface area contributed by atoms with Crippen molar-refractivity contribution in [1.29, 1.82) is 0 Å². The lowest BCUT2D eigenvalue weighted by atomic mass is 10.1. The summed E-state index contributed by atoms with van der Waals surface area (Å²) in [6.07, 6.45) is 4.33. The second-order valence-corrected chi connectivity index (χ2v) is 5.86. The second-order valence-electron chi connectivity index (χ2n) is 3.56. The van der Waals surface area contributed by atoms with E-state index in [9.17, 15) is 13.2 Å². The number of imidazole rings is 1. The number of aromatic nitrogens is 2. The van der Waals surface area contributed by atoms with Crippen LogP contribution in [0.2, 0.25) is 0 Å². The van der Waals surface area contributed by atoms with E-state index in [-0.39, 0.29) is 23.2 Å². The predicted molar refractivity (Wildman–Crippen MR) is 52.0 cm³/mol. The number of hydrogen-bond donors (Lipinski definition) is 1. The normalized spacial score (nSPS) is 22.3. The van der Waals surface area contributed by atoms with Crippen LogP contribution in [0.25, 0.3) is 0 Å². The molecule has 14 heavy (non-hydrogen) atoms. The van der Waals surface area contributed by atoms with Gasteiger partial charge in [0, 0.05) is 18.4 Å². The summed E-state index contributed by atoms with van der Waals surface area (Å²) in [6.45, 7) is 0. The summed E-state index contributed by atoms with van der Waals surface area (Å²) in [6, 6.07) is 0.0391. The zero-order valence-electron chi connectivity index (χ0n) is 7.64. The van der Waals surface area contributed by atoms with Crippen molar-refractivity contribution in [3.05, 3.63) is 22.9 Å². The Balaban J connectivity index is 2.18. The fourth-order valence-electron chi connectivity index (χ4n) is 1.77. The lowest BCUT2D eigenvalue weighted by Gasteiger charge is -2.22. The van der Waals surface area contributed by atoms with Gasteiger partial charge in [-0.25, -0.2) is 13.2 Å². The largest absolute Gasteiger partial charge is 0.325 e. The van der Waals surface area contributed by atoms with Crippen LogP contribution in [0.4, 0.5) is 0 Å². The van der Waals surface area contributed by atoms with Crippen LogP contribution in [-0.2, 0) is 9.84 Å². The zero-order valence-corrected chi connectivity index (χ0v) is 8.46. The lowest BCUT2D eigenvalue weighted by molar-refractivity contribution is 0.440. The van der Waals surface area contributed by atoms with Gasteiger partial charge in [-0.15, -0.1) is 0 Å². The first kappa shape index (κ1) is 9.51. The topological polar surface area (TPSA) is 71.9 Å². The van der Waals surface area contributed by atoms with Crippen molar-refractivity contribution in [2.75, 3.05) is 11.5 Å². The summed E-state index contributed by atoms with van der Waals surface area (Å²) >= 11 is 0. The van der Waals surface area contributed by atoms with Crippen LogP contribution in [0.3, 0.4) is 0 Å². The molecule has 78 valence electrons. The van der Waals surface area contributed by atoms with E-state index in [2.05, 4.69) is 4.98 Å². The molecule has 6 heteroatoms. The maximum atomic E-state index is 11.2. The highest BCUT2D eigenvalue weighted by molar-refractivity contribution is 7.91. The molecule has 0 atom stereocenters. The zero-order chi connectivity index (χ0) is 10.2. The Morgan fingerprint density at radius 3 is 2.50 bits per heavy atom. The van der Waals surface area contributed by atoms with Gasteiger partial charge in [-0.3, -0.25) is 4.57 Å². The Kier molecular flexibility index (Phi) is 2.22. The molecule has 0 aromatic carbocycles. The fourth-order valence-corrected chi connectivity index (χ4v) is 3.24. The third kappa shape index (κ3) is 1.75. The maximum Gasteiger partial charge on any atom is 0.325 e. The smallest absolute Gasteiger partial charge is 0.313 e. The summed E-state index contributed by atoms with van der Waals surface area (Å²) < 4.78 is 23.9. The molecular weight excluding hydrogens is 204 g/mol. The molecule has 0 saturated carbocycles. The van der Waals surface area contributed by atoms with Crippen LogP contribution in [0.15, 0.2) is 17.2 Å². The van der Waals surface area contributed by atoms with E-state index in [4.69, 9.17) is 0 Å². The molecule has 1 aliphatic rings. The molecule has 0 amide bonds. The van der Waals surface area contributed by atoms with Gasteiger partial charge in [-0.2, -0.15) is 0 Å². The Morgan fingerprint density at radius 2 is 2.00 bits per heavy atom. The van der Waals surface area contributed by atoms with Gasteiger partial charge in [-0.1, -0.05) is 0 Å². The average molecular weight is 216 g/mol. The van der Waals surface area contributed by atoms with Gasteiger partial charge in [0.25, 0.3) is 0 Å². The highest BCUT2D eigenvalue weighted by Crippen LogP contribution is 2.21. The van der Waals surface area contributed by atoms with Gasteiger partial charge in [-0.05, 0) is 12.8 Å². The first-order valence-electron chi connectivity index (χ1n) is 4.54. The molecule has 2 rings (SSSR count). The van der Waals surface area contributed by atoms with Crippen LogP contribution in [-0.4, -0.2) is 29.5 Å². The van der Waals surface area contributed by atoms with E-state index < -0.39 is 9.84 Å². The van der Waals surface area contributed by atoms with Crippen molar-refractivity contribution in [1.82, 2.24) is 9.55 Å². The van der Waals surface area contributed by atoms with E-state index in [1.165, 1.54) is 0 Å². The van der Waals surface area contributed by atoms with Crippen molar-refractivity contribution in [2.24, 2.45) is 0 Å². The molecular formula is C8H12N2O3S. The summed E-state index contributed by atoms with van der Waals surface area (Å²) in [5.41, 5.74) is -0.158. The predicted octanol–water partition coefficient (Wildman–Crippen LogP) is -0.0739. The minimum Gasteiger partial charge on any atom is -0.313 e. The molecule has 1 fully saturated rings. The molecule has 2 heterocycles. The van der Waals surface area contributed by atoms with Gasteiger partial charge in [0.15, 0.2) is 0 Å². The number of nitrogens with zero attached hydrogens (tertiary/aromatic N) is 1. The monoisotopic (exact) mass is 216 g/mol. The number of H-pyrrole nitrogens is 1. The standard InChI is InChI=1S/C8H12N2O3S/c11-8-9-3-4-10(8)7-1-5-14(12,13)6-2-7/h3-4,7H,1-2,5-6H2,(H,9,11). The Hall–Kier alpha value is -1.04. The SMILES string of the molecule is O=c1[nH]ccn1C1CCS(=O)(=O)CC1. The quantitative estimate of drug-likeness (QED) is 0.714. The highest BCUT2D eigenvalue weighted by Gasteiger charge is 2.25. The van der Waals surface area contributed by atoms with Crippen molar-refractivity contribution < 1.29 is 8.42 Å². The number of sulfone groups is 1. The van der Waals surface area contributed by atoms with Crippen LogP contribution in [0.5, 0.6) is 0 Å². The third-order valence-electron chi connectivity index (χ3n) is 2.59. The molecule has 1 N–H and O–H groups in total. The molecule has 0 aliphatic carbocycles. The van der Waals surface area contributed by atoms with Crippen LogP contribution in [0, 0.1) is 0 Å². The van der Waals surface area contributed by atoms with E-state index in [0.29, 0.717) is 12.8 Å². The number of aromatic amines is 1. The van der Waals surface area contributed by atoms with Gasteiger partial charge in [0.1, 0.15) is 9.84 Å². The van der Waals surface area contributed by atoms with Gasteiger partial charge >= 0.3 is 5.69 Å². The first-order chi connectivity index (χ1) is 6.58. The van der Waals surface area contributed by atoms with Crippen molar-refractivity contribution in [2.45, 2.75) is 18.9 Å². The van der Waals surface area contributed by atoms with Crippen LogP contribution in [0.1, 0.15) is 18.9 Å². The van der Waals surface area contributed by atoms with Gasteiger partial charge in [0.2, 0.25) is 0 Å². The van der Waals surface area contributed by atoms with Gasteiger partial charge in [0.05, 0.1) is 11.5 Å². The molecule has 0 radical (unpaired) electrons. The summed E-state index contributed by atoms with van der Waals surface area (Å²) in [5, 5.41) is 0. The first-order valence-corrected chi connectivity index (χ1v) is 6.36. The third-order valence-corrected chi connectivity index (χ3v) is 4.31. The molecule has 5 nitrogen and oxygen atoms in total. The molecule has 0 bridgehead atoms. The van der Waals surface area contributed by atoms with E-state index in [1.54, 1.807) is 17.0 Å².